The molecular formula is C63H54N2Si2. The topological polar surface area (TPSA) is 6.48 Å². The number of nitrogens with zero attached hydrogens (tertiary/aromatic N) is 2. The fourth-order valence-corrected chi connectivity index (χ4v) is 25.6. The summed E-state index contributed by atoms with van der Waals surface area (Å²) >= 11 is 0. The third-order valence-corrected chi connectivity index (χ3v) is 28.0. The normalized spacial score (nSPS) is 18.0. The van der Waals surface area contributed by atoms with Crippen LogP contribution in [-0.4, -0.2) is 30.2 Å². The smallest absolute Gasteiger partial charge is 0.123 e. The predicted octanol–water partition coefficient (Wildman–Crippen LogP) is 13.2. The Morgan fingerprint density at radius 2 is 0.687 bits per heavy atom. The molecule has 14 rings (SSSR count). The van der Waals surface area contributed by atoms with E-state index in [1.54, 1.807) is 20.7 Å². The molecule has 4 aliphatic heterocycles. The van der Waals surface area contributed by atoms with Crippen molar-refractivity contribution in [3.8, 4) is 22.3 Å². The molecule has 324 valence electrons. The van der Waals surface area contributed by atoms with Gasteiger partial charge in [-0.25, -0.2) is 0 Å². The Balaban J connectivity index is 0.853. The van der Waals surface area contributed by atoms with Crippen molar-refractivity contribution in [1.29, 1.82) is 0 Å². The molecule has 2 saturated heterocycles. The summed E-state index contributed by atoms with van der Waals surface area (Å²) in [5, 5.41) is 6.55. The highest BCUT2D eigenvalue weighted by molar-refractivity contribution is 7.05. The summed E-state index contributed by atoms with van der Waals surface area (Å²) in [4.78, 5) is 4.93. The Hall–Kier alpha value is -6.73. The number of rotatable bonds is 4. The molecule has 0 N–H and O–H groups in total. The highest BCUT2D eigenvalue weighted by Gasteiger charge is 2.52. The summed E-state index contributed by atoms with van der Waals surface area (Å²) < 4.78 is 0. The van der Waals surface area contributed by atoms with E-state index in [0.29, 0.717) is 0 Å². The number of anilines is 4. The first-order valence-electron chi connectivity index (χ1n) is 24.8. The summed E-state index contributed by atoms with van der Waals surface area (Å²) in [6.45, 7) is 0. The highest BCUT2D eigenvalue weighted by Crippen LogP contribution is 2.63. The van der Waals surface area contributed by atoms with Crippen molar-refractivity contribution >= 4 is 83.9 Å². The number of hydrogen-bond acceptors (Lipinski definition) is 2. The third-order valence-electron chi connectivity index (χ3n) is 17.3. The molecule has 2 aliphatic carbocycles. The average molecular weight is 895 g/mol. The van der Waals surface area contributed by atoms with Crippen LogP contribution in [0.5, 0.6) is 0 Å². The molecule has 2 fully saturated rings. The van der Waals surface area contributed by atoms with E-state index >= 15 is 0 Å². The molecule has 0 bridgehead atoms. The summed E-state index contributed by atoms with van der Waals surface area (Å²) in [5.41, 5.74) is 21.1. The van der Waals surface area contributed by atoms with Gasteiger partial charge >= 0.3 is 0 Å². The molecule has 0 amide bonds. The summed E-state index contributed by atoms with van der Waals surface area (Å²) in [5.74, 6) is 0. The first-order valence-corrected chi connectivity index (χ1v) is 29.6. The van der Waals surface area contributed by atoms with Crippen molar-refractivity contribution in [2.45, 2.75) is 55.3 Å². The fourth-order valence-electron chi connectivity index (χ4n) is 14.4. The Kier molecular flexibility index (Phi) is 8.62. The van der Waals surface area contributed by atoms with Crippen LogP contribution in [0.25, 0.3) is 46.6 Å². The molecule has 0 radical (unpaired) electrons. The molecule has 2 nitrogen and oxygen atoms in total. The van der Waals surface area contributed by atoms with Gasteiger partial charge in [0.25, 0.3) is 0 Å². The molecule has 0 unspecified atom stereocenters. The van der Waals surface area contributed by atoms with Gasteiger partial charge in [-0.1, -0.05) is 183 Å². The lowest BCUT2D eigenvalue weighted by atomic mass is 9.70. The Labute approximate surface area is 397 Å². The van der Waals surface area contributed by atoms with E-state index in [4.69, 9.17) is 0 Å². The van der Waals surface area contributed by atoms with E-state index in [1.807, 2.05) is 0 Å². The van der Waals surface area contributed by atoms with E-state index in [1.165, 1.54) is 139 Å². The van der Waals surface area contributed by atoms with Crippen LogP contribution in [0.1, 0.15) is 70.2 Å². The molecule has 8 aromatic carbocycles. The largest absolute Gasteiger partial charge is 0.345 e. The van der Waals surface area contributed by atoms with Crippen molar-refractivity contribution < 1.29 is 0 Å². The van der Waals surface area contributed by atoms with E-state index in [9.17, 15) is 0 Å². The molecule has 4 heteroatoms. The van der Waals surface area contributed by atoms with Crippen LogP contribution in [-0.2, 0) is 5.41 Å². The van der Waals surface area contributed by atoms with Gasteiger partial charge in [-0.05, 0) is 148 Å². The number of fused-ring (bicyclic) bond motifs is 18. The minimum Gasteiger partial charge on any atom is -0.345 e. The Morgan fingerprint density at radius 3 is 1.13 bits per heavy atom. The minimum atomic E-state index is -1.75. The van der Waals surface area contributed by atoms with Gasteiger partial charge in [-0.2, -0.15) is 0 Å². The SMILES string of the molecule is CN1c2ccccc2[Si]2(CCCC2)c2ccc(C=Cc3ccc4c(c3)C3(c5ccccc5-c5ccccc53)c3cc(C=Cc5ccc6c(c5)N(C)c5ccccc5[Si]65CCCC5)ccc3-4)cc21. The molecule has 8 aromatic rings. The molecule has 4 heterocycles. The van der Waals surface area contributed by atoms with Crippen LogP contribution in [0.2, 0.25) is 24.2 Å². The molecule has 0 saturated carbocycles. The first-order chi connectivity index (χ1) is 33.0. The summed E-state index contributed by atoms with van der Waals surface area (Å²) in [6, 6.07) is 71.6. The van der Waals surface area contributed by atoms with Crippen LogP contribution in [0, 0.1) is 0 Å². The number of para-hydroxylation sites is 2. The highest BCUT2D eigenvalue weighted by atomic mass is 28.3. The second-order valence-corrected chi connectivity index (χ2v) is 28.9. The van der Waals surface area contributed by atoms with Crippen LogP contribution in [0.15, 0.2) is 170 Å². The molecule has 0 atom stereocenters. The van der Waals surface area contributed by atoms with Crippen molar-refractivity contribution in [1.82, 2.24) is 0 Å². The van der Waals surface area contributed by atoms with Crippen LogP contribution in [0.3, 0.4) is 0 Å². The van der Waals surface area contributed by atoms with Crippen molar-refractivity contribution in [2.75, 3.05) is 23.9 Å². The molecule has 0 aromatic heterocycles. The lowest BCUT2D eigenvalue weighted by Crippen LogP contribution is -2.61. The van der Waals surface area contributed by atoms with Gasteiger partial charge in [-0.3, -0.25) is 0 Å². The van der Waals surface area contributed by atoms with Gasteiger partial charge in [0, 0.05) is 36.8 Å². The van der Waals surface area contributed by atoms with E-state index in [2.05, 4.69) is 218 Å². The number of benzene rings is 8. The van der Waals surface area contributed by atoms with Crippen molar-refractivity contribution in [2.24, 2.45) is 0 Å². The van der Waals surface area contributed by atoms with E-state index < -0.39 is 21.6 Å². The quantitative estimate of drug-likeness (QED) is 0.128. The molecule has 67 heavy (non-hydrogen) atoms. The lowest BCUT2D eigenvalue weighted by Gasteiger charge is -2.41. The number of hydrogen-bond donors (Lipinski definition) is 0. The Morgan fingerprint density at radius 1 is 0.343 bits per heavy atom. The standard InChI is InChI=1S/C63H54N2Si2/c1-64-55-19-7-9-21-59(55)66(35-11-12-36-66)61-33-29-45(41-57(61)64)25-23-43-27-31-49-50-32-28-44(40-54(50)63(53(49)39-43)51-17-5-3-15-47(51)48-16-4-6-18-52(48)63)24-26-46-30-34-62-58(42-46)65(2)56-20-8-10-22-60(56)67(62)37-13-14-38-67/h3-10,15-34,39-42H,11-14,35-38H2,1-2H3. The third kappa shape index (κ3) is 5.43. The first kappa shape index (κ1) is 39.4. The average Bonchev–Trinajstić information content (AvgIpc) is 4.19. The maximum Gasteiger partial charge on any atom is 0.123 e. The van der Waals surface area contributed by atoms with Gasteiger partial charge in [0.1, 0.15) is 16.1 Å². The minimum absolute atomic E-state index is 0.421. The van der Waals surface area contributed by atoms with Crippen LogP contribution in [0.4, 0.5) is 22.7 Å². The van der Waals surface area contributed by atoms with Gasteiger partial charge in [0.15, 0.2) is 0 Å². The second-order valence-electron chi connectivity index (χ2n) is 20.4. The van der Waals surface area contributed by atoms with Crippen molar-refractivity contribution in [3.05, 3.63) is 214 Å². The Bertz CT molecular complexity index is 3210. The van der Waals surface area contributed by atoms with Gasteiger partial charge in [-0.15, -0.1) is 0 Å². The maximum atomic E-state index is 2.50. The van der Waals surface area contributed by atoms with Crippen LogP contribution >= 0.6 is 0 Å². The predicted molar refractivity (Wildman–Crippen MR) is 290 cm³/mol. The lowest BCUT2D eigenvalue weighted by molar-refractivity contribution is 0.793. The van der Waals surface area contributed by atoms with Gasteiger partial charge in [0.2, 0.25) is 0 Å². The summed E-state index contributed by atoms with van der Waals surface area (Å²) in [7, 11) is 1.04. The zero-order chi connectivity index (χ0) is 44.5. The summed E-state index contributed by atoms with van der Waals surface area (Å²) in [6.07, 6.45) is 14.8. The van der Waals surface area contributed by atoms with Gasteiger partial charge in [0.05, 0.1) is 5.41 Å². The van der Waals surface area contributed by atoms with E-state index in [0.717, 1.165) is 0 Å². The van der Waals surface area contributed by atoms with Crippen molar-refractivity contribution in [3.63, 3.8) is 0 Å². The molecular weight excluding hydrogens is 841 g/mol. The zero-order valence-corrected chi connectivity index (χ0v) is 40.5. The zero-order valence-electron chi connectivity index (χ0n) is 38.5. The fraction of sp³-hybridized carbons (Fsp3) is 0.175. The van der Waals surface area contributed by atoms with Gasteiger partial charge < -0.3 is 9.80 Å². The molecule has 6 aliphatic rings. The maximum absolute atomic E-state index is 2.50. The van der Waals surface area contributed by atoms with E-state index in [-0.39, 0.29) is 0 Å². The second kappa shape index (κ2) is 14.6. The monoisotopic (exact) mass is 894 g/mol. The molecule has 3 spiro atoms. The van der Waals surface area contributed by atoms with Crippen LogP contribution < -0.4 is 30.5 Å².